The summed E-state index contributed by atoms with van der Waals surface area (Å²) in [4.78, 5) is 16.6. The molecule has 1 amide bonds. The fourth-order valence-corrected chi connectivity index (χ4v) is 2.92. The van der Waals surface area contributed by atoms with Crippen LogP contribution >= 0.6 is 11.3 Å². The second-order valence-corrected chi connectivity index (χ2v) is 5.54. The predicted molar refractivity (Wildman–Crippen MR) is 71.4 cm³/mol. The molecule has 1 N–H and O–H groups in total. The van der Waals surface area contributed by atoms with Gasteiger partial charge in [0.1, 0.15) is 10.4 Å². The predicted octanol–water partition coefficient (Wildman–Crippen LogP) is 2.03. The summed E-state index contributed by atoms with van der Waals surface area (Å²) in [6.07, 6.45) is 3.41. The molecule has 1 aliphatic rings. The third-order valence-electron chi connectivity index (χ3n) is 3.46. The molecule has 2 rings (SSSR count). The Morgan fingerprint density at radius 2 is 2.42 bits per heavy atom. The topological polar surface area (TPSA) is 75.0 Å². The fraction of sp³-hybridized carbons (Fsp3) is 0.615. The van der Waals surface area contributed by atoms with Crippen molar-refractivity contribution < 1.29 is 9.53 Å². The Morgan fingerprint density at radius 1 is 1.68 bits per heavy atom. The molecule has 1 aromatic rings. The Balaban J connectivity index is 2.08. The first-order chi connectivity index (χ1) is 9.22. The highest BCUT2D eigenvalue weighted by atomic mass is 32.1. The van der Waals surface area contributed by atoms with Gasteiger partial charge in [-0.2, -0.15) is 5.26 Å². The quantitative estimate of drug-likeness (QED) is 0.915. The number of hydrogen-bond acceptors (Lipinski definition) is 5. The molecule has 0 spiro atoms. The van der Waals surface area contributed by atoms with E-state index in [1.807, 2.05) is 12.3 Å². The number of aromatic nitrogens is 1. The summed E-state index contributed by atoms with van der Waals surface area (Å²) in [5, 5.41) is 15.1. The molecular formula is C13H17N3O2S. The van der Waals surface area contributed by atoms with Crippen LogP contribution in [0, 0.1) is 16.7 Å². The maximum absolute atomic E-state index is 12.4. The minimum absolute atomic E-state index is 0.111. The smallest absolute Gasteiger partial charge is 0.241 e. The van der Waals surface area contributed by atoms with Gasteiger partial charge < -0.3 is 10.1 Å². The maximum Gasteiger partial charge on any atom is 0.241 e. The van der Waals surface area contributed by atoms with Crippen LogP contribution in [0.4, 0.5) is 0 Å². The molecule has 2 heterocycles. The number of thiazole rings is 1. The molecule has 5 nitrogen and oxygen atoms in total. The van der Waals surface area contributed by atoms with Gasteiger partial charge in [-0.05, 0) is 19.3 Å². The van der Waals surface area contributed by atoms with E-state index in [0.717, 1.165) is 11.4 Å². The Hall–Kier alpha value is -1.45. The summed E-state index contributed by atoms with van der Waals surface area (Å²) in [5.41, 5.74) is -0.942. The van der Waals surface area contributed by atoms with E-state index in [2.05, 4.69) is 16.4 Å². The van der Waals surface area contributed by atoms with Gasteiger partial charge in [-0.3, -0.25) is 4.79 Å². The Morgan fingerprint density at radius 3 is 2.95 bits per heavy atom. The van der Waals surface area contributed by atoms with Gasteiger partial charge in [-0.1, -0.05) is 6.92 Å². The van der Waals surface area contributed by atoms with Crippen molar-refractivity contribution in [2.45, 2.75) is 32.2 Å². The van der Waals surface area contributed by atoms with Gasteiger partial charge in [0.05, 0.1) is 12.1 Å². The second-order valence-electron chi connectivity index (χ2n) is 4.61. The molecule has 0 bridgehead atoms. The lowest BCUT2D eigenvalue weighted by Gasteiger charge is -2.30. The van der Waals surface area contributed by atoms with Crippen molar-refractivity contribution in [3.05, 3.63) is 16.6 Å². The maximum atomic E-state index is 12.4. The van der Waals surface area contributed by atoms with Crippen molar-refractivity contribution in [2.75, 3.05) is 13.2 Å². The van der Waals surface area contributed by atoms with E-state index in [1.54, 1.807) is 6.20 Å². The number of nitrogens with one attached hydrogen (secondary N) is 1. The molecule has 0 aliphatic carbocycles. The van der Waals surface area contributed by atoms with Crippen LogP contribution in [0.3, 0.4) is 0 Å². The largest absolute Gasteiger partial charge is 0.381 e. The lowest BCUT2D eigenvalue weighted by molar-refractivity contribution is -0.133. The number of carbonyl (C=O) groups excluding carboxylic acids is 1. The Labute approximate surface area is 116 Å². The fourth-order valence-electron chi connectivity index (χ4n) is 2.15. The first kappa shape index (κ1) is 14.0. The third-order valence-corrected chi connectivity index (χ3v) is 4.35. The molecule has 6 heteroatoms. The molecule has 0 saturated carbocycles. The zero-order valence-electron chi connectivity index (χ0n) is 10.9. The van der Waals surface area contributed by atoms with Gasteiger partial charge in [-0.25, -0.2) is 4.98 Å². The zero-order valence-corrected chi connectivity index (χ0v) is 11.7. The molecule has 102 valence electrons. The SMILES string of the molecule is CCC(NC(=O)C1(C#N)CCOCC1)c1nccs1. The highest BCUT2D eigenvalue weighted by molar-refractivity contribution is 7.09. The Bertz CT molecular complexity index is 461. The zero-order chi connectivity index (χ0) is 13.7. The van der Waals surface area contributed by atoms with Gasteiger partial charge in [0.2, 0.25) is 5.91 Å². The first-order valence-electron chi connectivity index (χ1n) is 6.41. The minimum Gasteiger partial charge on any atom is -0.381 e. The van der Waals surface area contributed by atoms with Crippen molar-refractivity contribution in [3.8, 4) is 6.07 Å². The number of ether oxygens (including phenoxy) is 1. The van der Waals surface area contributed by atoms with E-state index >= 15 is 0 Å². The number of hydrogen-bond donors (Lipinski definition) is 1. The van der Waals surface area contributed by atoms with E-state index in [-0.39, 0.29) is 11.9 Å². The van der Waals surface area contributed by atoms with Crippen LogP contribution < -0.4 is 5.32 Å². The van der Waals surface area contributed by atoms with Gasteiger partial charge in [0, 0.05) is 24.8 Å². The molecule has 1 saturated heterocycles. The van der Waals surface area contributed by atoms with Crippen LogP contribution in [0.25, 0.3) is 0 Å². The van der Waals surface area contributed by atoms with Crippen molar-refractivity contribution in [1.29, 1.82) is 5.26 Å². The van der Waals surface area contributed by atoms with E-state index < -0.39 is 5.41 Å². The van der Waals surface area contributed by atoms with Crippen molar-refractivity contribution in [1.82, 2.24) is 10.3 Å². The van der Waals surface area contributed by atoms with Crippen LogP contribution in [0.15, 0.2) is 11.6 Å². The highest BCUT2D eigenvalue weighted by Gasteiger charge is 2.41. The minimum atomic E-state index is -0.942. The van der Waals surface area contributed by atoms with Crippen LogP contribution in [0.1, 0.15) is 37.2 Å². The van der Waals surface area contributed by atoms with Crippen LogP contribution in [-0.4, -0.2) is 24.1 Å². The molecule has 1 atom stereocenters. The molecule has 1 unspecified atom stereocenters. The molecule has 1 aromatic heterocycles. The van der Waals surface area contributed by atoms with Crippen molar-refractivity contribution in [3.63, 3.8) is 0 Å². The molecule has 1 fully saturated rings. The van der Waals surface area contributed by atoms with Gasteiger partial charge >= 0.3 is 0 Å². The van der Waals surface area contributed by atoms with E-state index in [4.69, 9.17) is 4.74 Å². The number of amides is 1. The van der Waals surface area contributed by atoms with Gasteiger partial charge in [0.25, 0.3) is 0 Å². The van der Waals surface area contributed by atoms with Crippen molar-refractivity contribution >= 4 is 17.2 Å². The summed E-state index contributed by atoms with van der Waals surface area (Å²) in [7, 11) is 0. The van der Waals surface area contributed by atoms with E-state index in [0.29, 0.717) is 26.1 Å². The summed E-state index contributed by atoms with van der Waals surface area (Å²) in [6, 6.07) is 2.07. The van der Waals surface area contributed by atoms with E-state index in [9.17, 15) is 10.1 Å². The number of nitrogens with zero attached hydrogens (tertiary/aromatic N) is 2. The lowest BCUT2D eigenvalue weighted by atomic mass is 9.80. The normalized spacial score (nSPS) is 19.4. The molecule has 0 aromatic carbocycles. The second kappa shape index (κ2) is 6.13. The molecule has 1 aliphatic heterocycles. The average molecular weight is 279 g/mol. The summed E-state index contributed by atoms with van der Waals surface area (Å²) in [5.74, 6) is -0.194. The van der Waals surface area contributed by atoms with Crippen LogP contribution in [0.2, 0.25) is 0 Å². The third kappa shape index (κ3) is 2.94. The summed E-state index contributed by atoms with van der Waals surface area (Å²) >= 11 is 1.52. The standard InChI is InChI=1S/C13H17N3O2S/c1-2-10(11-15-5-8-19-11)16-12(17)13(9-14)3-6-18-7-4-13/h5,8,10H,2-4,6-7H2,1H3,(H,16,17). The lowest BCUT2D eigenvalue weighted by Crippen LogP contribution is -2.44. The van der Waals surface area contributed by atoms with E-state index in [1.165, 1.54) is 11.3 Å². The number of nitriles is 1. The summed E-state index contributed by atoms with van der Waals surface area (Å²) in [6.45, 7) is 2.93. The number of carbonyl (C=O) groups is 1. The van der Waals surface area contributed by atoms with Gasteiger partial charge in [0.15, 0.2) is 0 Å². The molecule has 0 radical (unpaired) electrons. The van der Waals surface area contributed by atoms with Gasteiger partial charge in [-0.15, -0.1) is 11.3 Å². The molecular weight excluding hydrogens is 262 g/mol. The van der Waals surface area contributed by atoms with Crippen molar-refractivity contribution in [2.24, 2.45) is 5.41 Å². The highest BCUT2D eigenvalue weighted by Crippen LogP contribution is 2.31. The first-order valence-corrected chi connectivity index (χ1v) is 7.29. The van der Waals surface area contributed by atoms with Crippen LogP contribution in [0.5, 0.6) is 0 Å². The molecule has 19 heavy (non-hydrogen) atoms. The number of rotatable bonds is 4. The Kier molecular flexibility index (Phi) is 4.51. The average Bonchev–Trinajstić information content (AvgIpc) is 2.99. The van der Waals surface area contributed by atoms with Crippen LogP contribution in [-0.2, 0) is 9.53 Å². The monoisotopic (exact) mass is 279 g/mol. The summed E-state index contributed by atoms with van der Waals surface area (Å²) < 4.78 is 5.24.